The number of ether oxygens (including phenoxy) is 1. The third kappa shape index (κ3) is 4.25. The minimum Gasteiger partial charge on any atom is -0.495 e. The van der Waals surface area contributed by atoms with Gasteiger partial charge in [0.05, 0.1) is 23.4 Å². The molecule has 0 fully saturated rings. The molecule has 2 amide bonds. The summed E-state index contributed by atoms with van der Waals surface area (Å²) in [4.78, 5) is 28.9. The van der Waals surface area contributed by atoms with Crippen LogP contribution in [0.15, 0.2) is 46.2 Å². The molecule has 1 heterocycles. The summed E-state index contributed by atoms with van der Waals surface area (Å²) in [6, 6.07) is 10.0. The van der Waals surface area contributed by atoms with Crippen LogP contribution in [0.3, 0.4) is 0 Å². The van der Waals surface area contributed by atoms with Crippen LogP contribution in [-0.2, 0) is 0 Å². The summed E-state index contributed by atoms with van der Waals surface area (Å²) in [7, 11) is 1.50. The number of halogens is 1. The van der Waals surface area contributed by atoms with Crippen LogP contribution >= 0.6 is 11.6 Å². The van der Waals surface area contributed by atoms with Crippen molar-refractivity contribution in [1.82, 2.24) is 9.78 Å². The highest BCUT2D eigenvalue weighted by Crippen LogP contribution is 2.26. The number of aromatic nitrogens is 2. The fourth-order valence-electron chi connectivity index (χ4n) is 2.84. The molecule has 0 atom stereocenters. The predicted molar refractivity (Wildman–Crippen MR) is 115 cm³/mol. The Kier molecular flexibility index (Phi) is 5.89. The van der Waals surface area contributed by atoms with Gasteiger partial charge in [0.2, 0.25) is 0 Å². The number of nitrogens with zero attached hydrogens (tertiary/aromatic N) is 2. The number of nitrogens with one attached hydrogen (secondary N) is 2. The maximum atomic E-state index is 12.8. The van der Waals surface area contributed by atoms with Crippen molar-refractivity contribution < 1.29 is 9.53 Å². The number of rotatable bonds is 4. The minimum atomic E-state index is -0.557. The van der Waals surface area contributed by atoms with E-state index in [2.05, 4.69) is 15.4 Å². The van der Waals surface area contributed by atoms with E-state index in [9.17, 15) is 9.59 Å². The molecular formula is C21H21ClN4O3. The molecule has 0 aliphatic carbocycles. The fourth-order valence-corrected chi connectivity index (χ4v) is 3.03. The van der Waals surface area contributed by atoms with E-state index in [0.717, 1.165) is 11.1 Å². The molecule has 150 valence electrons. The fraction of sp³-hybridized carbons (Fsp3) is 0.190. The lowest BCUT2D eigenvalue weighted by molar-refractivity contribution is 0.259. The van der Waals surface area contributed by atoms with Crippen molar-refractivity contribution in [3.63, 3.8) is 0 Å². The van der Waals surface area contributed by atoms with E-state index >= 15 is 0 Å². The Bertz CT molecular complexity index is 1160. The number of urea groups is 1. The highest BCUT2D eigenvalue weighted by atomic mass is 35.5. The average molecular weight is 413 g/mol. The summed E-state index contributed by atoms with van der Waals surface area (Å²) in [5.74, 6) is 0.450. The van der Waals surface area contributed by atoms with E-state index in [4.69, 9.17) is 16.3 Å². The van der Waals surface area contributed by atoms with Gasteiger partial charge in [0.15, 0.2) is 0 Å². The summed E-state index contributed by atoms with van der Waals surface area (Å²) in [6.07, 6.45) is 1.26. The number of methoxy groups -OCH3 is 1. The molecule has 0 saturated heterocycles. The van der Waals surface area contributed by atoms with Crippen molar-refractivity contribution in [2.45, 2.75) is 20.8 Å². The number of hydrogen-bond acceptors (Lipinski definition) is 3. The summed E-state index contributed by atoms with van der Waals surface area (Å²) in [6.45, 7) is 5.62. The number of benzene rings is 2. The highest BCUT2D eigenvalue weighted by Gasteiger charge is 2.13. The zero-order valence-corrected chi connectivity index (χ0v) is 17.3. The van der Waals surface area contributed by atoms with Gasteiger partial charge < -0.3 is 10.1 Å². The molecule has 8 heteroatoms. The van der Waals surface area contributed by atoms with Gasteiger partial charge in [-0.1, -0.05) is 23.7 Å². The van der Waals surface area contributed by atoms with E-state index < -0.39 is 6.03 Å². The topological polar surface area (TPSA) is 88.5 Å². The lowest BCUT2D eigenvalue weighted by Gasteiger charge is -2.07. The molecule has 2 aromatic carbocycles. The molecule has 0 unspecified atom stereocenters. The van der Waals surface area contributed by atoms with Gasteiger partial charge >= 0.3 is 6.03 Å². The van der Waals surface area contributed by atoms with E-state index in [0.29, 0.717) is 27.8 Å². The molecule has 0 aliphatic rings. The number of carbonyl (C=O) groups is 1. The second kappa shape index (κ2) is 8.36. The van der Waals surface area contributed by atoms with E-state index in [1.807, 2.05) is 26.0 Å². The number of aryl methyl sites for hydroxylation is 2. The van der Waals surface area contributed by atoms with Gasteiger partial charge in [0.25, 0.3) is 5.56 Å². The summed E-state index contributed by atoms with van der Waals surface area (Å²) >= 11 is 6.04. The zero-order valence-electron chi connectivity index (χ0n) is 16.5. The summed E-state index contributed by atoms with van der Waals surface area (Å²) < 4.78 is 6.54. The van der Waals surface area contributed by atoms with Gasteiger partial charge in [-0.25, -0.2) is 14.5 Å². The quantitative estimate of drug-likeness (QED) is 0.622. The maximum Gasteiger partial charge on any atom is 0.345 e. The number of aliphatic imine (C=N–C) groups is 1. The number of amides is 2. The van der Waals surface area contributed by atoms with Crippen LogP contribution < -0.4 is 15.6 Å². The smallest absolute Gasteiger partial charge is 0.345 e. The van der Waals surface area contributed by atoms with Crippen LogP contribution in [-0.4, -0.2) is 29.1 Å². The van der Waals surface area contributed by atoms with Gasteiger partial charge in [-0.15, -0.1) is 0 Å². The molecule has 0 radical (unpaired) electrons. The van der Waals surface area contributed by atoms with Crippen LogP contribution in [0.25, 0.3) is 5.69 Å². The zero-order chi connectivity index (χ0) is 21.1. The van der Waals surface area contributed by atoms with Gasteiger partial charge in [0, 0.05) is 23.7 Å². The molecule has 0 aliphatic heterocycles. The average Bonchev–Trinajstić information content (AvgIpc) is 2.98. The largest absolute Gasteiger partial charge is 0.495 e. The Morgan fingerprint density at radius 1 is 1.24 bits per heavy atom. The standard InChI is InChI=1S/C21H21ClN4O3/c1-12-6-5-7-18(13(12)2)24-21(28)23-11-16-14(3)25-26(20(16)27)15-8-9-17(22)19(10-15)29-4/h5-11,25H,1-4H3,(H,24,28). The summed E-state index contributed by atoms with van der Waals surface area (Å²) in [5.41, 5.74) is 3.79. The first-order chi connectivity index (χ1) is 13.8. The van der Waals surface area contributed by atoms with Crippen molar-refractivity contribution in [2.75, 3.05) is 12.4 Å². The molecular weight excluding hydrogens is 392 g/mol. The van der Waals surface area contributed by atoms with Gasteiger partial charge in [-0.3, -0.25) is 9.89 Å². The van der Waals surface area contributed by atoms with Crippen molar-refractivity contribution in [1.29, 1.82) is 0 Å². The van der Waals surface area contributed by atoms with Gasteiger partial charge in [0.1, 0.15) is 5.75 Å². The van der Waals surface area contributed by atoms with Crippen molar-refractivity contribution >= 4 is 29.5 Å². The molecule has 7 nitrogen and oxygen atoms in total. The lowest BCUT2D eigenvalue weighted by atomic mass is 10.1. The Morgan fingerprint density at radius 3 is 2.72 bits per heavy atom. The first kappa shape index (κ1) is 20.4. The van der Waals surface area contributed by atoms with Crippen molar-refractivity contribution in [3.05, 3.63) is 74.2 Å². The maximum absolute atomic E-state index is 12.8. The predicted octanol–water partition coefficient (Wildman–Crippen LogP) is 4.40. The second-order valence-corrected chi connectivity index (χ2v) is 6.95. The molecule has 3 rings (SSSR count). The molecule has 0 bridgehead atoms. The Labute approximate surface area is 173 Å². The van der Waals surface area contributed by atoms with Crippen molar-refractivity contribution in [2.24, 2.45) is 4.99 Å². The lowest BCUT2D eigenvalue weighted by Crippen LogP contribution is -2.18. The number of H-pyrrole nitrogens is 1. The first-order valence-electron chi connectivity index (χ1n) is 8.88. The Hall–Kier alpha value is -3.32. The number of carbonyl (C=O) groups excluding carboxylic acids is 1. The van der Waals surface area contributed by atoms with Crippen LogP contribution in [0.2, 0.25) is 5.02 Å². The molecule has 0 spiro atoms. The molecule has 0 saturated carbocycles. The van der Waals surface area contributed by atoms with E-state index in [-0.39, 0.29) is 11.1 Å². The van der Waals surface area contributed by atoms with Crippen molar-refractivity contribution in [3.8, 4) is 11.4 Å². The van der Waals surface area contributed by atoms with Crippen LogP contribution in [0, 0.1) is 20.8 Å². The second-order valence-electron chi connectivity index (χ2n) is 6.55. The molecule has 2 N–H and O–H groups in total. The van der Waals surface area contributed by atoms with Gasteiger partial charge in [-0.2, -0.15) is 0 Å². The molecule has 1 aromatic heterocycles. The van der Waals surface area contributed by atoms with E-state index in [1.54, 1.807) is 31.2 Å². The molecule has 29 heavy (non-hydrogen) atoms. The first-order valence-corrected chi connectivity index (χ1v) is 9.26. The minimum absolute atomic E-state index is 0.287. The third-order valence-corrected chi connectivity index (χ3v) is 4.98. The highest BCUT2D eigenvalue weighted by molar-refractivity contribution is 6.32. The monoisotopic (exact) mass is 412 g/mol. The number of anilines is 1. The SMILES string of the molecule is COc1cc(-n2[nH]c(C)c(C=NC(=O)Nc3cccc(C)c3C)c2=O)ccc1Cl. The van der Waals surface area contributed by atoms with Crippen LogP contribution in [0.1, 0.15) is 22.4 Å². The van der Waals surface area contributed by atoms with E-state index in [1.165, 1.54) is 18.0 Å². The van der Waals surface area contributed by atoms with Gasteiger partial charge in [-0.05, 0) is 50.1 Å². The Balaban J connectivity index is 1.86. The van der Waals surface area contributed by atoms with Crippen LogP contribution in [0.4, 0.5) is 10.5 Å². The Morgan fingerprint density at radius 2 is 2.00 bits per heavy atom. The number of aromatic amines is 1. The summed E-state index contributed by atoms with van der Waals surface area (Å²) in [5, 5.41) is 6.15. The number of hydrogen-bond donors (Lipinski definition) is 2. The normalized spacial score (nSPS) is 11.1. The van der Waals surface area contributed by atoms with Crippen LogP contribution in [0.5, 0.6) is 5.75 Å². The molecule has 3 aromatic rings. The third-order valence-electron chi connectivity index (χ3n) is 4.67.